The van der Waals surface area contributed by atoms with E-state index in [1.807, 2.05) is 6.07 Å². The second-order valence-corrected chi connectivity index (χ2v) is 6.01. The standard InChI is InChI=1S/C21H22O/c1-3-18(17-13-11-15(2)12-14-17)21-19-9-5-4-7-16(19)8-6-10-20(21)22/h4-5,7,9,11-14H,3,6,8,10H2,1-2H3/b21-18-. The fourth-order valence-corrected chi connectivity index (χ4v) is 3.31. The normalized spacial score (nSPS) is 16.9. The number of aryl methyl sites for hydroxylation is 2. The highest BCUT2D eigenvalue weighted by Crippen LogP contribution is 2.35. The number of carbonyl (C=O) groups excluding carboxylic acids is 1. The summed E-state index contributed by atoms with van der Waals surface area (Å²) in [4.78, 5) is 12.8. The maximum atomic E-state index is 12.8. The number of carbonyl (C=O) groups is 1. The third kappa shape index (κ3) is 2.76. The molecule has 0 saturated carbocycles. The van der Waals surface area contributed by atoms with Crippen LogP contribution in [-0.2, 0) is 11.2 Å². The lowest BCUT2D eigenvalue weighted by Crippen LogP contribution is -2.04. The third-order valence-corrected chi connectivity index (χ3v) is 4.47. The molecule has 0 aromatic heterocycles. The van der Waals surface area contributed by atoms with E-state index in [0.717, 1.165) is 30.4 Å². The van der Waals surface area contributed by atoms with E-state index in [-0.39, 0.29) is 0 Å². The van der Waals surface area contributed by atoms with Crippen molar-refractivity contribution in [3.8, 4) is 0 Å². The van der Waals surface area contributed by atoms with Crippen molar-refractivity contribution in [2.24, 2.45) is 0 Å². The molecular formula is C21H22O. The Morgan fingerprint density at radius 3 is 2.45 bits per heavy atom. The van der Waals surface area contributed by atoms with Crippen LogP contribution in [0.2, 0.25) is 0 Å². The monoisotopic (exact) mass is 290 g/mol. The zero-order valence-corrected chi connectivity index (χ0v) is 13.4. The van der Waals surface area contributed by atoms with Gasteiger partial charge in [-0.05, 0) is 48.4 Å². The Labute approximate surface area is 132 Å². The summed E-state index contributed by atoms with van der Waals surface area (Å²) in [5.41, 5.74) is 6.99. The molecule has 0 atom stereocenters. The van der Waals surface area contributed by atoms with E-state index in [9.17, 15) is 4.79 Å². The Balaban J connectivity index is 2.24. The molecule has 1 nitrogen and oxygen atoms in total. The van der Waals surface area contributed by atoms with Crippen LogP contribution >= 0.6 is 0 Å². The highest BCUT2D eigenvalue weighted by molar-refractivity contribution is 6.28. The molecule has 0 bridgehead atoms. The number of ketones is 1. The molecule has 22 heavy (non-hydrogen) atoms. The van der Waals surface area contributed by atoms with Gasteiger partial charge in [-0.15, -0.1) is 0 Å². The highest BCUT2D eigenvalue weighted by atomic mass is 16.1. The maximum absolute atomic E-state index is 12.8. The van der Waals surface area contributed by atoms with Crippen molar-refractivity contribution in [1.29, 1.82) is 0 Å². The highest BCUT2D eigenvalue weighted by Gasteiger charge is 2.22. The van der Waals surface area contributed by atoms with E-state index in [4.69, 9.17) is 0 Å². The van der Waals surface area contributed by atoms with Crippen LogP contribution in [-0.4, -0.2) is 5.78 Å². The van der Waals surface area contributed by atoms with Crippen molar-refractivity contribution in [2.75, 3.05) is 0 Å². The predicted molar refractivity (Wildman–Crippen MR) is 92.7 cm³/mol. The molecule has 3 rings (SSSR count). The number of hydrogen-bond donors (Lipinski definition) is 0. The smallest absolute Gasteiger partial charge is 0.163 e. The van der Waals surface area contributed by atoms with Crippen molar-refractivity contribution >= 4 is 16.9 Å². The molecule has 0 aliphatic heterocycles. The van der Waals surface area contributed by atoms with Crippen molar-refractivity contribution in [2.45, 2.75) is 39.5 Å². The number of allylic oxidation sites excluding steroid dienone is 2. The topological polar surface area (TPSA) is 17.1 Å². The number of benzene rings is 2. The molecule has 1 heteroatoms. The summed E-state index contributed by atoms with van der Waals surface area (Å²) in [6, 6.07) is 16.9. The van der Waals surface area contributed by atoms with Crippen LogP contribution in [0.25, 0.3) is 11.1 Å². The summed E-state index contributed by atoms with van der Waals surface area (Å²) >= 11 is 0. The van der Waals surface area contributed by atoms with Crippen molar-refractivity contribution < 1.29 is 4.79 Å². The molecule has 1 aliphatic carbocycles. The van der Waals surface area contributed by atoms with E-state index in [0.29, 0.717) is 12.2 Å². The van der Waals surface area contributed by atoms with Gasteiger partial charge in [-0.3, -0.25) is 4.79 Å². The number of rotatable bonds is 2. The van der Waals surface area contributed by atoms with Crippen molar-refractivity contribution in [3.63, 3.8) is 0 Å². The number of Topliss-reactive ketones (excluding diaryl/α,β-unsaturated/α-hetero) is 1. The second kappa shape index (κ2) is 6.31. The average Bonchev–Trinajstić information content (AvgIpc) is 2.69. The molecule has 2 aromatic carbocycles. The van der Waals surface area contributed by atoms with E-state index >= 15 is 0 Å². The van der Waals surface area contributed by atoms with Crippen molar-refractivity contribution in [3.05, 3.63) is 70.8 Å². The molecule has 0 radical (unpaired) electrons. The fourth-order valence-electron chi connectivity index (χ4n) is 3.31. The first kappa shape index (κ1) is 14.8. The maximum Gasteiger partial charge on any atom is 0.163 e. The summed E-state index contributed by atoms with van der Waals surface area (Å²) < 4.78 is 0. The fraction of sp³-hybridized carbons (Fsp3) is 0.286. The number of fused-ring (bicyclic) bond motifs is 1. The summed E-state index contributed by atoms with van der Waals surface area (Å²) in [5, 5.41) is 0. The summed E-state index contributed by atoms with van der Waals surface area (Å²) in [6.45, 7) is 4.23. The molecule has 0 fully saturated rings. The zero-order chi connectivity index (χ0) is 15.5. The molecule has 0 heterocycles. The van der Waals surface area contributed by atoms with Crippen LogP contribution in [0.4, 0.5) is 0 Å². The Hall–Kier alpha value is -2.15. The van der Waals surface area contributed by atoms with Crippen molar-refractivity contribution in [1.82, 2.24) is 0 Å². The van der Waals surface area contributed by atoms with Crippen LogP contribution in [0.1, 0.15) is 48.4 Å². The largest absolute Gasteiger partial charge is 0.294 e. The molecule has 0 amide bonds. The van der Waals surface area contributed by atoms with Gasteiger partial charge in [0, 0.05) is 12.0 Å². The van der Waals surface area contributed by atoms with Gasteiger partial charge in [0.2, 0.25) is 0 Å². The summed E-state index contributed by atoms with van der Waals surface area (Å²) in [7, 11) is 0. The van der Waals surface area contributed by atoms with Gasteiger partial charge in [0.15, 0.2) is 5.78 Å². The first-order valence-electron chi connectivity index (χ1n) is 8.12. The van der Waals surface area contributed by atoms with E-state index in [2.05, 4.69) is 56.3 Å². The first-order valence-corrected chi connectivity index (χ1v) is 8.12. The molecular weight excluding hydrogens is 268 g/mol. The second-order valence-electron chi connectivity index (χ2n) is 6.01. The minimum absolute atomic E-state index is 0.294. The van der Waals surface area contributed by atoms with Crippen LogP contribution in [0, 0.1) is 6.92 Å². The lowest BCUT2D eigenvalue weighted by molar-refractivity contribution is -0.113. The Morgan fingerprint density at radius 2 is 1.73 bits per heavy atom. The lowest BCUT2D eigenvalue weighted by Gasteiger charge is -2.15. The quantitative estimate of drug-likeness (QED) is 0.547. The van der Waals surface area contributed by atoms with E-state index in [1.165, 1.54) is 22.3 Å². The lowest BCUT2D eigenvalue weighted by atomic mass is 9.88. The Morgan fingerprint density at radius 1 is 1.00 bits per heavy atom. The van der Waals surface area contributed by atoms with Gasteiger partial charge in [-0.1, -0.05) is 61.0 Å². The zero-order valence-electron chi connectivity index (χ0n) is 13.4. The van der Waals surface area contributed by atoms with Gasteiger partial charge in [0.05, 0.1) is 0 Å². The van der Waals surface area contributed by atoms with Crippen LogP contribution in [0.5, 0.6) is 0 Å². The molecule has 1 aliphatic rings. The predicted octanol–water partition coefficient (Wildman–Crippen LogP) is 5.22. The van der Waals surface area contributed by atoms with Gasteiger partial charge in [-0.2, -0.15) is 0 Å². The molecule has 0 spiro atoms. The van der Waals surface area contributed by atoms with Gasteiger partial charge in [0.25, 0.3) is 0 Å². The summed E-state index contributed by atoms with van der Waals surface area (Å²) in [6.07, 6.45) is 3.47. The van der Waals surface area contributed by atoms with Crippen LogP contribution in [0.15, 0.2) is 48.5 Å². The number of hydrogen-bond acceptors (Lipinski definition) is 1. The van der Waals surface area contributed by atoms with Crippen LogP contribution < -0.4 is 0 Å². The molecule has 0 unspecified atom stereocenters. The molecule has 112 valence electrons. The minimum Gasteiger partial charge on any atom is -0.294 e. The first-order chi connectivity index (χ1) is 10.7. The molecule has 0 saturated heterocycles. The molecule has 2 aromatic rings. The SMILES string of the molecule is CC/C(=C1/C(=O)CCCc2ccccc21)c1ccc(C)cc1. The summed E-state index contributed by atoms with van der Waals surface area (Å²) in [5.74, 6) is 0.294. The van der Waals surface area contributed by atoms with Gasteiger partial charge in [0.1, 0.15) is 0 Å². The average molecular weight is 290 g/mol. The van der Waals surface area contributed by atoms with Gasteiger partial charge < -0.3 is 0 Å². The minimum atomic E-state index is 0.294. The Bertz CT molecular complexity index is 720. The third-order valence-electron chi connectivity index (χ3n) is 4.47. The van der Waals surface area contributed by atoms with E-state index < -0.39 is 0 Å². The Kier molecular flexibility index (Phi) is 4.24. The van der Waals surface area contributed by atoms with E-state index in [1.54, 1.807) is 0 Å². The van der Waals surface area contributed by atoms with Crippen LogP contribution in [0.3, 0.4) is 0 Å². The molecule has 0 N–H and O–H groups in total. The van der Waals surface area contributed by atoms with Gasteiger partial charge in [-0.25, -0.2) is 0 Å². The van der Waals surface area contributed by atoms with Gasteiger partial charge >= 0.3 is 0 Å².